The minimum Gasteiger partial charge on any atom is -0.495 e. The van der Waals surface area contributed by atoms with E-state index in [4.69, 9.17) is 10.00 Å². The Kier molecular flexibility index (Phi) is 5.49. The second-order valence-electron chi connectivity index (χ2n) is 5.19. The van der Waals surface area contributed by atoms with E-state index in [0.717, 1.165) is 11.4 Å². The summed E-state index contributed by atoms with van der Waals surface area (Å²) in [6.07, 6.45) is 0.375. The van der Waals surface area contributed by atoms with Crippen LogP contribution in [0.4, 0.5) is 0 Å². The van der Waals surface area contributed by atoms with Gasteiger partial charge in [0.1, 0.15) is 16.5 Å². The maximum atomic E-state index is 12.4. The van der Waals surface area contributed by atoms with Crippen molar-refractivity contribution in [1.82, 2.24) is 14.7 Å². The van der Waals surface area contributed by atoms with Gasteiger partial charge in [-0.05, 0) is 38.1 Å². The topological polar surface area (TPSA) is 105 Å². The van der Waals surface area contributed by atoms with Crippen molar-refractivity contribution in [3.8, 4) is 11.8 Å². The lowest BCUT2D eigenvalue weighted by atomic mass is 10.2. The molecule has 0 aliphatic rings. The van der Waals surface area contributed by atoms with Crippen molar-refractivity contribution in [2.45, 2.75) is 25.2 Å². The van der Waals surface area contributed by atoms with Crippen LogP contribution in [0.15, 0.2) is 29.2 Å². The maximum Gasteiger partial charge on any atom is 0.244 e. The number of rotatable bonds is 6. The molecule has 0 radical (unpaired) electrons. The first kappa shape index (κ1) is 17.8. The number of hydrogen-bond acceptors (Lipinski definition) is 6. The number of hydrogen-bond donors (Lipinski definition) is 1. The zero-order chi connectivity index (χ0) is 17.7. The Morgan fingerprint density at radius 3 is 2.46 bits per heavy atom. The summed E-state index contributed by atoms with van der Waals surface area (Å²) in [5.41, 5.74) is 2.01. The summed E-state index contributed by atoms with van der Waals surface area (Å²) in [5, 5.41) is 8.88. The first-order valence-electron chi connectivity index (χ1n) is 7.24. The van der Waals surface area contributed by atoms with Crippen LogP contribution >= 0.6 is 0 Å². The molecule has 0 fully saturated rings. The molecule has 2 rings (SSSR count). The van der Waals surface area contributed by atoms with E-state index < -0.39 is 10.0 Å². The van der Waals surface area contributed by atoms with Crippen LogP contribution in [0, 0.1) is 25.2 Å². The predicted octanol–water partition coefficient (Wildman–Crippen LogP) is 1.49. The van der Waals surface area contributed by atoms with Crippen LogP contribution < -0.4 is 9.46 Å². The Hall–Kier alpha value is -2.50. The first-order chi connectivity index (χ1) is 11.4. The molecule has 1 heterocycles. The number of sulfonamides is 1. The van der Waals surface area contributed by atoms with Crippen LogP contribution in [-0.2, 0) is 16.4 Å². The Balaban J connectivity index is 2.13. The molecule has 0 saturated heterocycles. The van der Waals surface area contributed by atoms with Crippen molar-refractivity contribution in [3.63, 3.8) is 0 Å². The highest BCUT2D eigenvalue weighted by molar-refractivity contribution is 7.89. The van der Waals surface area contributed by atoms with E-state index in [-0.39, 0.29) is 17.2 Å². The fraction of sp³-hybridized carbons (Fsp3) is 0.312. The Labute approximate surface area is 141 Å². The average Bonchev–Trinajstić information content (AvgIpc) is 2.53. The monoisotopic (exact) mass is 346 g/mol. The molecule has 0 bridgehead atoms. The summed E-state index contributed by atoms with van der Waals surface area (Å²) in [6.45, 7) is 3.89. The van der Waals surface area contributed by atoms with Crippen LogP contribution in [0.3, 0.4) is 0 Å². The lowest BCUT2D eigenvalue weighted by Crippen LogP contribution is -2.27. The summed E-state index contributed by atoms with van der Waals surface area (Å²) in [6, 6.07) is 7.98. The smallest absolute Gasteiger partial charge is 0.244 e. The molecule has 0 saturated carbocycles. The fourth-order valence-corrected chi connectivity index (χ4v) is 3.43. The van der Waals surface area contributed by atoms with E-state index in [9.17, 15) is 8.42 Å². The fourth-order valence-electron chi connectivity index (χ4n) is 2.24. The van der Waals surface area contributed by atoms with E-state index in [2.05, 4.69) is 14.7 Å². The number of aryl methyl sites for hydroxylation is 2. The third kappa shape index (κ3) is 4.28. The van der Waals surface area contributed by atoms with Crippen LogP contribution in [0.2, 0.25) is 0 Å². The molecule has 1 N–H and O–H groups in total. The Morgan fingerprint density at radius 1 is 1.21 bits per heavy atom. The highest BCUT2D eigenvalue weighted by Gasteiger charge is 2.19. The summed E-state index contributed by atoms with van der Waals surface area (Å²) >= 11 is 0. The van der Waals surface area contributed by atoms with E-state index in [1.54, 1.807) is 0 Å². The standard InChI is InChI=1S/C16H18N4O3S/c1-11-8-12(2)20-16(19-11)6-7-18-24(21,22)15-5-4-13(10-17)9-14(15)23-3/h4-5,8-9,18H,6-7H2,1-3H3. The average molecular weight is 346 g/mol. The maximum absolute atomic E-state index is 12.4. The molecule has 2 aromatic rings. The number of nitrogens with zero attached hydrogens (tertiary/aromatic N) is 3. The highest BCUT2D eigenvalue weighted by atomic mass is 32.2. The van der Waals surface area contributed by atoms with Gasteiger partial charge in [-0.25, -0.2) is 23.1 Å². The summed E-state index contributed by atoms with van der Waals surface area (Å²) < 4.78 is 32.4. The van der Waals surface area contributed by atoms with Gasteiger partial charge in [0.25, 0.3) is 0 Å². The highest BCUT2D eigenvalue weighted by Crippen LogP contribution is 2.24. The van der Waals surface area contributed by atoms with Crippen molar-refractivity contribution in [2.24, 2.45) is 0 Å². The molecule has 0 atom stereocenters. The largest absolute Gasteiger partial charge is 0.495 e. The molecule has 1 aromatic carbocycles. The van der Waals surface area contributed by atoms with Gasteiger partial charge < -0.3 is 4.74 Å². The van der Waals surface area contributed by atoms with Crippen LogP contribution in [0.5, 0.6) is 5.75 Å². The number of ether oxygens (including phenoxy) is 1. The van der Waals surface area contributed by atoms with Crippen LogP contribution in [0.1, 0.15) is 22.8 Å². The molecular weight excluding hydrogens is 328 g/mol. The zero-order valence-corrected chi connectivity index (χ0v) is 14.5. The van der Waals surface area contributed by atoms with E-state index >= 15 is 0 Å². The lowest BCUT2D eigenvalue weighted by molar-refractivity contribution is 0.402. The molecule has 8 heteroatoms. The molecule has 0 amide bonds. The normalized spacial score (nSPS) is 11.1. The van der Waals surface area contributed by atoms with E-state index in [1.165, 1.54) is 25.3 Å². The van der Waals surface area contributed by atoms with Gasteiger partial charge in [0, 0.05) is 24.4 Å². The van der Waals surface area contributed by atoms with Crippen molar-refractivity contribution in [2.75, 3.05) is 13.7 Å². The molecule has 0 aliphatic heterocycles. The third-order valence-corrected chi connectivity index (χ3v) is 4.75. The minimum atomic E-state index is -3.76. The van der Waals surface area contributed by atoms with Gasteiger partial charge in [0.15, 0.2) is 0 Å². The predicted molar refractivity (Wildman–Crippen MR) is 88.1 cm³/mol. The lowest BCUT2D eigenvalue weighted by Gasteiger charge is -2.11. The van der Waals surface area contributed by atoms with Gasteiger partial charge in [0.05, 0.1) is 18.7 Å². The first-order valence-corrected chi connectivity index (χ1v) is 8.73. The molecule has 126 valence electrons. The van der Waals surface area contributed by atoms with Crippen molar-refractivity contribution in [3.05, 3.63) is 47.0 Å². The minimum absolute atomic E-state index is 0.00894. The van der Waals surface area contributed by atoms with Gasteiger partial charge >= 0.3 is 0 Å². The van der Waals surface area contributed by atoms with Crippen LogP contribution in [0.25, 0.3) is 0 Å². The molecule has 1 aromatic heterocycles. The number of methoxy groups -OCH3 is 1. The Morgan fingerprint density at radius 2 is 1.88 bits per heavy atom. The SMILES string of the molecule is COc1cc(C#N)ccc1S(=O)(=O)NCCc1nc(C)cc(C)n1. The molecule has 0 unspecified atom stereocenters. The molecule has 24 heavy (non-hydrogen) atoms. The number of nitriles is 1. The molecule has 0 spiro atoms. The number of aromatic nitrogens is 2. The number of benzene rings is 1. The second kappa shape index (κ2) is 7.38. The van der Waals surface area contributed by atoms with Gasteiger partial charge in [-0.1, -0.05) is 0 Å². The molecule has 7 nitrogen and oxygen atoms in total. The zero-order valence-electron chi connectivity index (χ0n) is 13.7. The second-order valence-corrected chi connectivity index (χ2v) is 6.93. The van der Waals surface area contributed by atoms with E-state index in [1.807, 2.05) is 26.0 Å². The summed E-state index contributed by atoms with van der Waals surface area (Å²) in [5.74, 6) is 0.714. The van der Waals surface area contributed by atoms with Gasteiger partial charge in [0.2, 0.25) is 10.0 Å². The van der Waals surface area contributed by atoms with Crippen molar-refractivity contribution >= 4 is 10.0 Å². The van der Waals surface area contributed by atoms with E-state index in [0.29, 0.717) is 17.8 Å². The molecular formula is C16H18N4O3S. The van der Waals surface area contributed by atoms with Gasteiger partial charge in [-0.3, -0.25) is 0 Å². The molecule has 0 aliphatic carbocycles. The quantitative estimate of drug-likeness (QED) is 0.850. The summed E-state index contributed by atoms with van der Waals surface area (Å²) in [4.78, 5) is 8.54. The number of nitrogens with one attached hydrogen (secondary N) is 1. The van der Waals surface area contributed by atoms with Crippen LogP contribution in [-0.4, -0.2) is 32.0 Å². The van der Waals surface area contributed by atoms with Gasteiger partial charge in [-0.15, -0.1) is 0 Å². The Bertz CT molecular complexity index is 868. The van der Waals surface area contributed by atoms with Crippen molar-refractivity contribution < 1.29 is 13.2 Å². The van der Waals surface area contributed by atoms with Crippen molar-refractivity contribution in [1.29, 1.82) is 5.26 Å². The van der Waals surface area contributed by atoms with Gasteiger partial charge in [-0.2, -0.15) is 5.26 Å². The third-order valence-electron chi connectivity index (χ3n) is 3.25. The summed E-state index contributed by atoms with van der Waals surface area (Å²) in [7, 11) is -2.40.